The molecule has 0 radical (unpaired) electrons. The van der Waals surface area contributed by atoms with Gasteiger partial charge in [-0.1, -0.05) is 191 Å². The molecule has 0 saturated carbocycles. The summed E-state index contributed by atoms with van der Waals surface area (Å²) < 4.78 is 4.76. The van der Waals surface area contributed by atoms with Crippen LogP contribution in [0.4, 0.5) is 0 Å². The highest BCUT2D eigenvalue weighted by molar-refractivity contribution is 5.79. The van der Waals surface area contributed by atoms with Crippen molar-refractivity contribution in [3.63, 3.8) is 0 Å². The summed E-state index contributed by atoms with van der Waals surface area (Å²) in [6.07, 6.45) is 13.2. The van der Waals surface area contributed by atoms with Gasteiger partial charge in [0, 0.05) is 191 Å². The highest BCUT2D eigenvalue weighted by Crippen LogP contribution is 2.14. The fourth-order valence-corrected chi connectivity index (χ4v) is 10.1. The predicted molar refractivity (Wildman–Crippen MR) is 475 cm³/mol. The van der Waals surface area contributed by atoms with Crippen molar-refractivity contribution in [3.05, 3.63) is 10.4 Å². The molecule has 0 aliphatic heterocycles. The second-order valence-corrected chi connectivity index (χ2v) is 33.4. The first-order chi connectivity index (χ1) is 52.4. The molecule has 0 bridgehead atoms. The number of ketones is 2. The van der Waals surface area contributed by atoms with E-state index in [-0.39, 0.29) is 116 Å². The molecule has 0 aromatic rings. The molecule has 674 valence electrons. The van der Waals surface area contributed by atoms with E-state index in [4.69, 9.17) is 20.7 Å². The van der Waals surface area contributed by atoms with E-state index in [0.717, 1.165) is 50.1 Å². The molecule has 0 rings (SSSR count). The van der Waals surface area contributed by atoms with Crippen LogP contribution in [0.5, 0.6) is 0 Å². The summed E-state index contributed by atoms with van der Waals surface area (Å²) in [7, 11) is 1.33. The van der Waals surface area contributed by atoms with Gasteiger partial charge in [-0.2, -0.15) is 0 Å². The maximum atomic E-state index is 14.2. The zero-order chi connectivity index (χ0) is 88.1. The van der Waals surface area contributed by atoms with Crippen molar-refractivity contribution >= 4 is 35.3 Å². The summed E-state index contributed by atoms with van der Waals surface area (Å²) in [5.41, 5.74) is 5.11. The zero-order valence-electron chi connectivity index (χ0n) is 79.0. The summed E-state index contributed by atoms with van der Waals surface area (Å²) >= 11 is 0. The minimum Gasteiger partial charge on any atom is -0.737 e. The molecule has 25 nitrogen and oxygen atoms in total. The fourth-order valence-electron chi connectivity index (χ4n) is 10.1. The number of hydrogen-bond acceptors (Lipinski definition) is 20. The Morgan fingerprint density at radius 1 is 0.429 bits per heavy atom. The van der Waals surface area contributed by atoms with Gasteiger partial charge < -0.3 is 67.1 Å². The van der Waals surface area contributed by atoms with Crippen molar-refractivity contribution in [2.45, 2.75) is 372 Å². The smallest absolute Gasteiger partial charge is 0.306 e. The van der Waals surface area contributed by atoms with Gasteiger partial charge in [0.25, 0.3) is 0 Å². The molecule has 8 N–H and O–H groups in total. The number of rotatable bonds is 57. The van der Waals surface area contributed by atoms with Crippen molar-refractivity contribution in [3.8, 4) is 0 Å². The van der Waals surface area contributed by atoms with Crippen molar-refractivity contribution < 1.29 is 48.7 Å². The van der Waals surface area contributed by atoms with E-state index in [1.54, 1.807) is 18.7 Å². The van der Waals surface area contributed by atoms with E-state index >= 15 is 0 Å². The average molecular weight is 1610 g/mol. The molecule has 0 aromatic heterocycles. The van der Waals surface area contributed by atoms with E-state index in [0.29, 0.717) is 172 Å². The first kappa shape index (κ1) is 123. The summed E-state index contributed by atoms with van der Waals surface area (Å²) in [4.78, 5) is 91.5. The molecular weight excluding hydrogens is 1420 g/mol. The van der Waals surface area contributed by atoms with Crippen LogP contribution in [0, 0.1) is 34.1 Å². The van der Waals surface area contributed by atoms with Gasteiger partial charge in [0.15, 0.2) is 0 Å². The van der Waals surface area contributed by atoms with Crippen molar-refractivity contribution in [2.24, 2.45) is 34.7 Å². The number of hydrogen-bond donors (Lipinski definition) is 7. The Morgan fingerprint density at radius 3 is 1.24 bits per heavy atom. The number of unbranched alkanes of at least 4 members (excludes halogenated alkanes) is 1. The van der Waals surface area contributed by atoms with E-state index < -0.39 is 0 Å². The number of aliphatic hydroxyl groups excluding tert-OH is 2. The quantitative estimate of drug-likeness (QED) is 0.00978. The van der Waals surface area contributed by atoms with Crippen LogP contribution in [0.15, 0.2) is 5.28 Å². The zero-order valence-corrected chi connectivity index (χ0v) is 79.0. The number of amides is 3. The molecule has 0 spiro atoms. The van der Waals surface area contributed by atoms with Gasteiger partial charge in [0.2, 0.25) is 17.7 Å². The molecule has 2 atom stereocenters. The Labute approximate surface area is 691 Å². The third-order valence-corrected chi connectivity index (χ3v) is 16.5. The van der Waals surface area contributed by atoms with Gasteiger partial charge in [-0.05, 0) is 123 Å². The summed E-state index contributed by atoms with van der Waals surface area (Å²) in [5.74, 6) is 1.94. The molecule has 0 aromatic carbocycles. The minimum absolute atomic E-state index is 0.0459. The van der Waals surface area contributed by atoms with Gasteiger partial charge in [-0.15, -0.1) is 5.01 Å². The number of carbonyl (C=O) groups is 6. The van der Waals surface area contributed by atoms with Crippen LogP contribution < -0.4 is 27.0 Å². The van der Waals surface area contributed by atoms with E-state index in [2.05, 4.69) is 207 Å². The molecule has 0 heterocycles. The third kappa shape index (κ3) is 96.4. The normalized spacial score (nSPS) is 11.8. The van der Waals surface area contributed by atoms with Gasteiger partial charge in [0.05, 0.1) is 38.8 Å². The van der Waals surface area contributed by atoms with Crippen molar-refractivity contribution in [2.75, 3.05) is 138 Å². The second-order valence-electron chi connectivity index (χ2n) is 33.4. The van der Waals surface area contributed by atoms with Crippen LogP contribution >= 0.6 is 0 Å². The third-order valence-electron chi connectivity index (χ3n) is 16.5. The lowest BCUT2D eigenvalue weighted by Gasteiger charge is -2.33. The van der Waals surface area contributed by atoms with Gasteiger partial charge >= 0.3 is 5.97 Å². The molecule has 0 aliphatic rings. The van der Waals surface area contributed by atoms with Crippen LogP contribution in [0.2, 0.25) is 0 Å². The Balaban J connectivity index is -0.000000469. The van der Waals surface area contributed by atoms with Crippen LogP contribution in [-0.2, 0) is 33.5 Å². The maximum absolute atomic E-state index is 14.2. The molecule has 0 aliphatic carbocycles. The molecule has 3 amide bonds. The molecule has 0 fully saturated rings. The summed E-state index contributed by atoms with van der Waals surface area (Å²) in [6.45, 7) is 72.5. The standard InChI is InChI=1S/C60H119N11O9.2C6H15NO.C3H9N.4C3H8/c1-48(2)18-16-17-33-67(59(76)28-37-64(34-24-51(7)8)35-25-55(72)21-19-49(3)4)43-42-65(36-26-56(73)22-20-50(5)6)40-31-61-30-23-58(75)68(45-47-70(53(11)12)54(13)14)41-32-62-57(74)27-39-69(71(79)63-78)46-44-66(52(9)10)38-29-60(77)80-15;2*1-5(2)7-4-6(3)8;1-3(2)4;4*1-3-2/h48-54,61,78H,16-47H2,1-15H3,(H,62,74);2*5-8H,4H2,1-3H3;3H,4H2,1-2H3;4*3H2,1-2H3/p-1/b71-63-;;;;;;;. The van der Waals surface area contributed by atoms with Crippen molar-refractivity contribution in [1.29, 1.82) is 0 Å². The number of aliphatic hydroxyl groups is 2. The van der Waals surface area contributed by atoms with Gasteiger partial charge in [0.1, 0.15) is 11.6 Å². The molecule has 0 saturated heterocycles. The fraction of sp³-hybridized carbons (Fsp3) is 0.931. The predicted octanol–water partition coefficient (Wildman–Crippen LogP) is 14.6. The van der Waals surface area contributed by atoms with E-state index in [1.165, 1.54) is 32.8 Å². The average Bonchev–Trinajstić information content (AvgIpc) is 0.904. The van der Waals surface area contributed by atoms with Crippen LogP contribution in [0.25, 0.3) is 0 Å². The van der Waals surface area contributed by atoms with Crippen LogP contribution in [-0.4, -0.2) is 271 Å². The van der Waals surface area contributed by atoms with Gasteiger partial charge in [-0.3, -0.25) is 43.5 Å². The number of methoxy groups -OCH3 is 1. The number of Topliss-reactive ketones (excluding diaryl/α,β-unsaturated/α-hetero) is 2. The number of hydrazine groups is 1. The van der Waals surface area contributed by atoms with E-state index in [1.807, 2.05) is 37.5 Å². The number of esters is 1. The first-order valence-electron chi connectivity index (χ1n) is 44.1. The van der Waals surface area contributed by atoms with E-state index in [9.17, 15) is 39.2 Å². The number of ether oxygens (including phenoxy) is 1. The maximum Gasteiger partial charge on any atom is 0.306 e. The Kier molecular flexibility index (Phi) is 95.0. The highest BCUT2D eigenvalue weighted by atomic mass is 16.6. The van der Waals surface area contributed by atoms with Crippen LogP contribution in [0.3, 0.4) is 0 Å². The number of carbonyl (C=O) groups excluding carboxylic acids is 6. The minimum atomic E-state index is -0.353. The second kappa shape index (κ2) is 86.2. The largest absolute Gasteiger partial charge is 0.737 e. The number of nitrogens with zero attached hydrogens (tertiary/aromatic N) is 9. The molecule has 25 heteroatoms. The Morgan fingerprint density at radius 2 is 0.848 bits per heavy atom. The lowest BCUT2D eigenvalue weighted by molar-refractivity contribution is -0.690. The summed E-state index contributed by atoms with van der Waals surface area (Å²) in [6, 6.07) is 1.86. The Bertz CT molecular complexity index is 2070. The molecule has 2 unspecified atom stereocenters. The Hall–Kier alpha value is -4.18. The van der Waals surface area contributed by atoms with Crippen molar-refractivity contribution in [1.82, 2.24) is 55.7 Å². The SMILES string of the molecule is CC(C)N.CC(O)CNC(C)C.CC(O)CNC(C)C.CCC.CCC.CCC.CCC.COC(=O)CCN(CCN(CCC(=O)NCCN(CCN(C(C)C)C(C)C)C(=O)CCNCCN(CCC(=O)CCC(C)C)CCN(CCCCC(C)C)C(=O)CCN(CCC(=O)CCC(C)C)CCC(C)C)/[N+]([O-])=N/[O-])C(C)C. The lowest BCUT2D eigenvalue weighted by atomic mass is 10.0. The first-order valence-corrected chi connectivity index (χ1v) is 44.1. The lowest BCUT2D eigenvalue weighted by Crippen LogP contribution is -2.47. The number of nitrogens with two attached hydrogens (primary N) is 1. The summed E-state index contributed by atoms with van der Waals surface area (Å²) in [5, 5.41) is 57.3. The number of nitrogens with one attached hydrogen (secondary N) is 4. The van der Waals surface area contributed by atoms with Crippen LogP contribution in [0.1, 0.15) is 323 Å². The highest BCUT2D eigenvalue weighted by Gasteiger charge is 2.23. The topological polar surface area (TPSA) is 310 Å². The molecular formula is C87H189N14O11-. The van der Waals surface area contributed by atoms with Gasteiger partial charge in [-0.25, -0.2) is 0 Å². The molecule has 112 heavy (non-hydrogen) atoms. The monoisotopic (exact) mass is 1610 g/mol.